The van der Waals surface area contributed by atoms with Gasteiger partial charge in [-0.1, -0.05) is 12.5 Å². The predicted molar refractivity (Wildman–Crippen MR) is 66.5 cm³/mol. The summed E-state index contributed by atoms with van der Waals surface area (Å²) in [4.78, 5) is 13.9. The average molecular weight is 231 g/mol. The number of esters is 1. The molecule has 0 N–H and O–H groups in total. The maximum absolute atomic E-state index is 11.9. The van der Waals surface area contributed by atoms with Gasteiger partial charge in [0.25, 0.3) is 0 Å². The van der Waals surface area contributed by atoms with Crippen LogP contribution in [0.15, 0.2) is 18.2 Å². The molecule has 1 aliphatic heterocycles. The van der Waals surface area contributed by atoms with E-state index in [1.807, 2.05) is 25.1 Å². The van der Waals surface area contributed by atoms with Gasteiger partial charge in [0.1, 0.15) is 5.75 Å². The van der Waals surface area contributed by atoms with Gasteiger partial charge in [0, 0.05) is 31.8 Å². The third-order valence-corrected chi connectivity index (χ3v) is 3.94. The summed E-state index contributed by atoms with van der Waals surface area (Å²) >= 11 is 0. The lowest BCUT2D eigenvalue weighted by molar-refractivity contribution is -0.140. The van der Waals surface area contributed by atoms with E-state index in [2.05, 4.69) is 12.1 Å². The van der Waals surface area contributed by atoms with Crippen LogP contribution < -0.4 is 9.64 Å². The first-order valence-electron chi connectivity index (χ1n) is 6.20. The SMILES string of the molecule is CN(C)c1ccc2c(c1)OC(=O)C1CCCC21. The molecular weight excluding hydrogens is 214 g/mol. The number of benzene rings is 1. The van der Waals surface area contributed by atoms with Crippen molar-refractivity contribution in [1.29, 1.82) is 0 Å². The second kappa shape index (κ2) is 3.76. The summed E-state index contributed by atoms with van der Waals surface area (Å²) in [6.45, 7) is 0. The molecule has 17 heavy (non-hydrogen) atoms. The monoisotopic (exact) mass is 231 g/mol. The number of nitrogens with zero attached hydrogens (tertiary/aromatic N) is 1. The summed E-state index contributed by atoms with van der Waals surface area (Å²) in [5.41, 5.74) is 2.30. The number of rotatable bonds is 1. The number of hydrogen-bond acceptors (Lipinski definition) is 3. The summed E-state index contributed by atoms with van der Waals surface area (Å²) in [5, 5.41) is 0. The third kappa shape index (κ3) is 1.61. The van der Waals surface area contributed by atoms with E-state index >= 15 is 0 Å². The van der Waals surface area contributed by atoms with E-state index in [0.29, 0.717) is 5.92 Å². The van der Waals surface area contributed by atoms with E-state index in [-0.39, 0.29) is 11.9 Å². The highest BCUT2D eigenvalue weighted by atomic mass is 16.5. The molecule has 2 atom stereocenters. The number of anilines is 1. The zero-order valence-electron chi connectivity index (χ0n) is 10.3. The van der Waals surface area contributed by atoms with Gasteiger partial charge in [0.15, 0.2) is 0 Å². The molecule has 3 heteroatoms. The fraction of sp³-hybridized carbons (Fsp3) is 0.500. The zero-order chi connectivity index (χ0) is 12.0. The minimum Gasteiger partial charge on any atom is -0.426 e. The van der Waals surface area contributed by atoms with Crippen molar-refractivity contribution in [2.45, 2.75) is 25.2 Å². The Morgan fingerprint density at radius 2 is 2.00 bits per heavy atom. The largest absolute Gasteiger partial charge is 0.426 e. The molecule has 3 nitrogen and oxygen atoms in total. The molecule has 2 aliphatic rings. The van der Waals surface area contributed by atoms with Crippen molar-refractivity contribution >= 4 is 11.7 Å². The predicted octanol–water partition coefficient (Wildman–Crippen LogP) is 2.56. The van der Waals surface area contributed by atoms with Gasteiger partial charge in [-0.2, -0.15) is 0 Å². The first-order valence-corrected chi connectivity index (χ1v) is 6.20. The van der Waals surface area contributed by atoms with E-state index in [4.69, 9.17) is 4.74 Å². The lowest BCUT2D eigenvalue weighted by Gasteiger charge is -2.27. The van der Waals surface area contributed by atoms with Crippen LogP contribution in [0.4, 0.5) is 5.69 Å². The van der Waals surface area contributed by atoms with Gasteiger partial charge in [0.2, 0.25) is 0 Å². The Balaban J connectivity index is 2.04. The summed E-state index contributed by atoms with van der Waals surface area (Å²) in [7, 11) is 3.98. The molecule has 0 radical (unpaired) electrons. The fourth-order valence-corrected chi connectivity index (χ4v) is 2.99. The van der Waals surface area contributed by atoms with Crippen molar-refractivity contribution in [1.82, 2.24) is 0 Å². The van der Waals surface area contributed by atoms with E-state index in [0.717, 1.165) is 30.7 Å². The lowest BCUT2D eigenvalue weighted by atomic mass is 9.86. The normalized spacial score (nSPS) is 26.1. The topological polar surface area (TPSA) is 29.5 Å². The van der Waals surface area contributed by atoms with Crippen molar-refractivity contribution in [2.75, 3.05) is 19.0 Å². The molecule has 1 aromatic carbocycles. The van der Waals surface area contributed by atoms with Crippen LogP contribution in [-0.4, -0.2) is 20.1 Å². The van der Waals surface area contributed by atoms with E-state index < -0.39 is 0 Å². The molecule has 0 aromatic heterocycles. The van der Waals surface area contributed by atoms with E-state index in [1.54, 1.807) is 0 Å². The number of hydrogen-bond donors (Lipinski definition) is 0. The van der Waals surface area contributed by atoms with Gasteiger partial charge in [0.05, 0.1) is 5.92 Å². The molecule has 2 unspecified atom stereocenters. The van der Waals surface area contributed by atoms with Gasteiger partial charge in [-0.05, 0) is 24.5 Å². The van der Waals surface area contributed by atoms with Crippen molar-refractivity contribution in [3.8, 4) is 5.75 Å². The highest BCUT2D eigenvalue weighted by Crippen LogP contribution is 2.47. The zero-order valence-corrected chi connectivity index (χ0v) is 10.3. The summed E-state index contributed by atoms with van der Waals surface area (Å²) in [6, 6.07) is 6.20. The quantitative estimate of drug-likeness (QED) is 0.549. The Hall–Kier alpha value is -1.51. The van der Waals surface area contributed by atoms with Crippen molar-refractivity contribution in [2.24, 2.45) is 5.92 Å². The second-order valence-corrected chi connectivity index (χ2v) is 5.18. The van der Waals surface area contributed by atoms with Crippen LogP contribution in [-0.2, 0) is 4.79 Å². The van der Waals surface area contributed by atoms with Crippen molar-refractivity contribution in [3.05, 3.63) is 23.8 Å². The van der Waals surface area contributed by atoms with Crippen LogP contribution in [0.25, 0.3) is 0 Å². The first kappa shape index (κ1) is 10.6. The molecule has 1 saturated carbocycles. The van der Waals surface area contributed by atoms with Crippen LogP contribution >= 0.6 is 0 Å². The molecule has 0 saturated heterocycles. The Morgan fingerprint density at radius 3 is 2.76 bits per heavy atom. The highest BCUT2D eigenvalue weighted by Gasteiger charge is 2.40. The Morgan fingerprint density at radius 1 is 1.24 bits per heavy atom. The molecule has 1 fully saturated rings. The molecule has 1 heterocycles. The number of ether oxygens (including phenoxy) is 1. The summed E-state index contributed by atoms with van der Waals surface area (Å²) in [6.07, 6.45) is 3.24. The van der Waals surface area contributed by atoms with Gasteiger partial charge < -0.3 is 9.64 Å². The van der Waals surface area contributed by atoms with Crippen LogP contribution in [0.3, 0.4) is 0 Å². The molecule has 0 amide bonds. The Labute approximate surface area is 101 Å². The molecule has 1 aliphatic carbocycles. The minimum atomic E-state index is -0.0316. The maximum Gasteiger partial charge on any atom is 0.314 e. The Bertz CT molecular complexity index is 467. The molecule has 90 valence electrons. The lowest BCUT2D eigenvalue weighted by Crippen LogP contribution is -2.28. The van der Waals surface area contributed by atoms with Gasteiger partial charge in [-0.15, -0.1) is 0 Å². The molecule has 0 bridgehead atoms. The Kier molecular flexibility index (Phi) is 2.35. The van der Waals surface area contributed by atoms with Gasteiger partial charge >= 0.3 is 5.97 Å². The average Bonchev–Trinajstić information content (AvgIpc) is 2.78. The fourth-order valence-electron chi connectivity index (χ4n) is 2.99. The number of fused-ring (bicyclic) bond motifs is 3. The molecule has 1 aromatic rings. The van der Waals surface area contributed by atoms with Crippen LogP contribution in [0.5, 0.6) is 5.75 Å². The van der Waals surface area contributed by atoms with Gasteiger partial charge in [-0.3, -0.25) is 4.79 Å². The van der Waals surface area contributed by atoms with Crippen molar-refractivity contribution < 1.29 is 9.53 Å². The summed E-state index contributed by atoms with van der Waals surface area (Å²) in [5.74, 6) is 1.23. The first-order chi connectivity index (χ1) is 8.16. The standard InChI is InChI=1S/C14H17NO2/c1-15(2)9-6-7-11-10-4-3-5-12(10)14(16)17-13(11)8-9/h6-8,10,12H,3-5H2,1-2H3. The summed E-state index contributed by atoms with van der Waals surface area (Å²) < 4.78 is 5.47. The van der Waals surface area contributed by atoms with Crippen LogP contribution in [0, 0.1) is 5.92 Å². The smallest absolute Gasteiger partial charge is 0.314 e. The minimum absolute atomic E-state index is 0.0316. The highest BCUT2D eigenvalue weighted by molar-refractivity contribution is 5.80. The third-order valence-electron chi connectivity index (χ3n) is 3.94. The molecule has 3 rings (SSSR count). The molecule has 0 spiro atoms. The van der Waals surface area contributed by atoms with Crippen molar-refractivity contribution in [3.63, 3.8) is 0 Å². The second-order valence-electron chi connectivity index (χ2n) is 5.18. The van der Waals surface area contributed by atoms with Gasteiger partial charge in [-0.25, -0.2) is 0 Å². The number of carbonyl (C=O) groups excluding carboxylic acids is 1. The van der Waals surface area contributed by atoms with Crippen LogP contribution in [0.2, 0.25) is 0 Å². The van der Waals surface area contributed by atoms with E-state index in [1.165, 1.54) is 5.56 Å². The number of carbonyl (C=O) groups is 1. The molecular formula is C14H17NO2. The van der Waals surface area contributed by atoms with Crippen LogP contribution in [0.1, 0.15) is 30.7 Å². The maximum atomic E-state index is 11.9. The van der Waals surface area contributed by atoms with E-state index in [9.17, 15) is 4.79 Å².